The zero-order valence-corrected chi connectivity index (χ0v) is 16.1. The molecule has 0 aliphatic carbocycles. The monoisotopic (exact) mass is 400 g/mol. The van der Waals surface area contributed by atoms with E-state index in [4.69, 9.17) is 4.42 Å². The normalized spacial score (nSPS) is 11.0. The molecule has 0 fully saturated rings. The molecule has 0 atom stereocenters. The summed E-state index contributed by atoms with van der Waals surface area (Å²) in [5.74, 6) is 0.583. The van der Waals surface area contributed by atoms with Gasteiger partial charge in [-0.05, 0) is 35.9 Å². The molecular formula is C22H16N4O2S. The van der Waals surface area contributed by atoms with Crippen LogP contribution in [0.1, 0.15) is 5.56 Å². The highest BCUT2D eigenvalue weighted by atomic mass is 32.1. The number of fused-ring (bicyclic) bond motifs is 1. The molecule has 142 valence electrons. The molecule has 0 spiro atoms. The van der Waals surface area contributed by atoms with Crippen LogP contribution in [0.25, 0.3) is 28.1 Å². The Morgan fingerprint density at radius 2 is 1.97 bits per heavy atom. The van der Waals surface area contributed by atoms with Crippen LogP contribution in [0.2, 0.25) is 0 Å². The van der Waals surface area contributed by atoms with E-state index in [2.05, 4.69) is 15.4 Å². The molecule has 1 amide bonds. The predicted octanol–water partition coefficient (Wildman–Crippen LogP) is 4.92. The molecule has 3 heterocycles. The topological polar surface area (TPSA) is 73.0 Å². The van der Waals surface area contributed by atoms with Gasteiger partial charge in [0.2, 0.25) is 5.91 Å². The Balaban J connectivity index is 1.25. The lowest BCUT2D eigenvalue weighted by Crippen LogP contribution is -2.14. The van der Waals surface area contributed by atoms with E-state index in [0.29, 0.717) is 16.6 Å². The smallest absolute Gasteiger partial charge is 0.230 e. The number of nitrogens with zero attached hydrogens (tertiary/aromatic N) is 3. The van der Waals surface area contributed by atoms with Crippen LogP contribution in [0.3, 0.4) is 0 Å². The molecule has 0 bridgehead atoms. The maximum Gasteiger partial charge on any atom is 0.230 e. The average molecular weight is 400 g/mol. The minimum atomic E-state index is -0.109. The lowest BCUT2D eigenvalue weighted by Gasteiger charge is -2.04. The lowest BCUT2D eigenvalue weighted by molar-refractivity contribution is -0.115. The third-order valence-electron chi connectivity index (χ3n) is 4.50. The van der Waals surface area contributed by atoms with E-state index < -0.39 is 0 Å². The summed E-state index contributed by atoms with van der Waals surface area (Å²) >= 11 is 1.38. The maximum atomic E-state index is 12.4. The quantitative estimate of drug-likeness (QED) is 0.454. The highest BCUT2D eigenvalue weighted by Crippen LogP contribution is 2.30. The van der Waals surface area contributed by atoms with Crippen molar-refractivity contribution in [3.63, 3.8) is 0 Å². The number of anilines is 1. The number of nitrogens with one attached hydrogen (secondary N) is 1. The minimum absolute atomic E-state index is 0.109. The van der Waals surface area contributed by atoms with E-state index in [1.807, 2.05) is 72.2 Å². The fourth-order valence-corrected chi connectivity index (χ4v) is 3.81. The molecule has 3 aromatic heterocycles. The summed E-state index contributed by atoms with van der Waals surface area (Å²) in [5.41, 5.74) is 3.41. The molecule has 0 saturated heterocycles. The molecule has 5 rings (SSSR count). The first kappa shape index (κ1) is 17.4. The van der Waals surface area contributed by atoms with Crippen molar-refractivity contribution in [2.45, 2.75) is 6.42 Å². The van der Waals surface area contributed by atoms with Gasteiger partial charge in [-0.15, -0.1) is 11.3 Å². The Morgan fingerprint density at radius 3 is 2.76 bits per heavy atom. The molecule has 29 heavy (non-hydrogen) atoms. The van der Waals surface area contributed by atoms with E-state index in [0.717, 1.165) is 22.2 Å². The number of benzene rings is 2. The second-order valence-electron chi connectivity index (χ2n) is 6.53. The Bertz CT molecular complexity index is 1240. The Kier molecular flexibility index (Phi) is 4.42. The van der Waals surface area contributed by atoms with Crippen LogP contribution < -0.4 is 5.32 Å². The van der Waals surface area contributed by atoms with Crippen molar-refractivity contribution in [1.29, 1.82) is 0 Å². The van der Waals surface area contributed by atoms with Gasteiger partial charge in [-0.2, -0.15) is 5.10 Å². The molecule has 0 radical (unpaired) electrons. The Hall–Kier alpha value is -3.71. The first-order valence-corrected chi connectivity index (χ1v) is 9.96. The molecule has 1 N–H and O–H groups in total. The molecule has 0 saturated carbocycles. The first-order chi connectivity index (χ1) is 14.2. The van der Waals surface area contributed by atoms with Crippen LogP contribution in [0, 0.1) is 0 Å². The van der Waals surface area contributed by atoms with Gasteiger partial charge in [0.15, 0.2) is 10.9 Å². The number of amides is 1. The number of para-hydroxylation sites is 1. The van der Waals surface area contributed by atoms with E-state index >= 15 is 0 Å². The van der Waals surface area contributed by atoms with Crippen LogP contribution in [-0.4, -0.2) is 20.7 Å². The van der Waals surface area contributed by atoms with Crippen LogP contribution in [0.4, 0.5) is 5.13 Å². The van der Waals surface area contributed by atoms with Crippen molar-refractivity contribution in [2.75, 3.05) is 5.32 Å². The summed E-state index contributed by atoms with van der Waals surface area (Å²) in [4.78, 5) is 16.9. The zero-order chi connectivity index (χ0) is 19.6. The van der Waals surface area contributed by atoms with Crippen LogP contribution >= 0.6 is 11.3 Å². The molecule has 0 aliphatic heterocycles. The second-order valence-corrected chi connectivity index (χ2v) is 7.39. The fourth-order valence-electron chi connectivity index (χ4n) is 3.09. The summed E-state index contributed by atoms with van der Waals surface area (Å²) in [6, 6.07) is 19.4. The van der Waals surface area contributed by atoms with E-state index in [-0.39, 0.29) is 12.3 Å². The van der Waals surface area contributed by atoms with Gasteiger partial charge in [0.25, 0.3) is 0 Å². The van der Waals surface area contributed by atoms with Gasteiger partial charge in [-0.3, -0.25) is 4.79 Å². The van der Waals surface area contributed by atoms with Gasteiger partial charge in [0, 0.05) is 23.2 Å². The van der Waals surface area contributed by atoms with Crippen LogP contribution in [0.5, 0.6) is 0 Å². The first-order valence-electron chi connectivity index (χ1n) is 9.08. The van der Waals surface area contributed by atoms with Gasteiger partial charge in [0.05, 0.1) is 12.1 Å². The number of hydrogen-bond acceptors (Lipinski definition) is 5. The van der Waals surface area contributed by atoms with Crippen LogP contribution in [0.15, 0.2) is 82.9 Å². The van der Waals surface area contributed by atoms with Crippen molar-refractivity contribution in [3.8, 4) is 17.1 Å². The highest BCUT2D eigenvalue weighted by molar-refractivity contribution is 7.14. The Morgan fingerprint density at radius 1 is 1.10 bits per heavy atom. The van der Waals surface area contributed by atoms with E-state index in [1.165, 1.54) is 11.3 Å². The fraction of sp³-hybridized carbons (Fsp3) is 0.0455. The molecule has 5 aromatic rings. The number of carbonyl (C=O) groups excluding carboxylic acids is 1. The number of aromatic nitrogens is 3. The van der Waals surface area contributed by atoms with Gasteiger partial charge in [-0.1, -0.05) is 30.3 Å². The summed E-state index contributed by atoms with van der Waals surface area (Å²) in [6.45, 7) is 0. The summed E-state index contributed by atoms with van der Waals surface area (Å²) in [7, 11) is 0. The van der Waals surface area contributed by atoms with Crippen molar-refractivity contribution < 1.29 is 9.21 Å². The van der Waals surface area contributed by atoms with Crippen molar-refractivity contribution in [2.24, 2.45) is 0 Å². The number of thiazole rings is 1. The van der Waals surface area contributed by atoms with Gasteiger partial charge >= 0.3 is 0 Å². The van der Waals surface area contributed by atoms with E-state index in [9.17, 15) is 4.79 Å². The number of rotatable bonds is 5. The molecule has 0 aliphatic rings. The van der Waals surface area contributed by atoms with Crippen molar-refractivity contribution >= 4 is 33.3 Å². The highest BCUT2D eigenvalue weighted by Gasteiger charge is 2.12. The predicted molar refractivity (Wildman–Crippen MR) is 113 cm³/mol. The number of furan rings is 1. The molecule has 0 unspecified atom stereocenters. The Labute approximate surface area is 170 Å². The van der Waals surface area contributed by atoms with Gasteiger partial charge in [-0.25, -0.2) is 9.67 Å². The summed E-state index contributed by atoms with van der Waals surface area (Å²) < 4.78 is 7.61. The SMILES string of the molecule is O=C(Cc1ccc(-n2cccn2)cc1)Nc1nc(-c2cc3ccccc3o2)cs1. The number of carbonyl (C=O) groups is 1. The van der Waals surface area contributed by atoms with Gasteiger partial charge in [0.1, 0.15) is 11.3 Å². The summed E-state index contributed by atoms with van der Waals surface area (Å²) in [6.07, 6.45) is 3.89. The third-order valence-corrected chi connectivity index (χ3v) is 5.26. The molecule has 6 nitrogen and oxygen atoms in total. The summed E-state index contributed by atoms with van der Waals surface area (Å²) in [5, 5.41) is 10.5. The second kappa shape index (κ2) is 7.37. The minimum Gasteiger partial charge on any atom is -0.454 e. The largest absolute Gasteiger partial charge is 0.454 e. The molecule has 7 heteroatoms. The maximum absolute atomic E-state index is 12.4. The molecule has 2 aromatic carbocycles. The van der Waals surface area contributed by atoms with Crippen LogP contribution in [-0.2, 0) is 11.2 Å². The zero-order valence-electron chi connectivity index (χ0n) is 15.3. The third kappa shape index (κ3) is 3.68. The standard InChI is InChI=1S/C22H16N4O2S/c27-21(12-15-6-8-17(9-7-15)26-11-3-10-23-26)25-22-24-18(14-29-22)20-13-16-4-1-2-5-19(16)28-20/h1-11,13-14H,12H2,(H,24,25,27). The molecular weight excluding hydrogens is 384 g/mol. The number of hydrogen-bond donors (Lipinski definition) is 1. The van der Waals surface area contributed by atoms with Crippen molar-refractivity contribution in [3.05, 3.63) is 84.0 Å². The average Bonchev–Trinajstić information content (AvgIpc) is 3.48. The van der Waals surface area contributed by atoms with E-state index in [1.54, 1.807) is 10.9 Å². The lowest BCUT2D eigenvalue weighted by atomic mass is 10.1. The van der Waals surface area contributed by atoms with Gasteiger partial charge < -0.3 is 9.73 Å². The van der Waals surface area contributed by atoms with Crippen molar-refractivity contribution in [1.82, 2.24) is 14.8 Å².